The zero-order valence-electron chi connectivity index (χ0n) is 2.97. The summed E-state index contributed by atoms with van der Waals surface area (Å²) in [5.41, 5.74) is 0. The van der Waals surface area contributed by atoms with Crippen molar-refractivity contribution in [3.05, 3.63) is 0 Å². The zero-order valence-corrected chi connectivity index (χ0v) is 2.97. The van der Waals surface area contributed by atoms with E-state index in [9.17, 15) is 0 Å². The Labute approximate surface area is 30.6 Å². The molecule has 0 aromatic rings. The number of hydrogen-bond acceptors (Lipinski definition) is 3. The average Bonchev–Trinajstić information content (AvgIpc) is 1.38. The highest BCUT2D eigenvalue weighted by Crippen LogP contribution is 1.48. The van der Waals surface area contributed by atoms with Crippen LogP contribution in [0.1, 0.15) is 0 Å². The number of nitrogens with two attached hydrogens (primary N) is 1. The summed E-state index contributed by atoms with van der Waals surface area (Å²) in [6.45, 7) is 0. The molecular formula is C2H5N3. The smallest absolute Gasteiger partial charge is 0.194 e. The van der Waals surface area contributed by atoms with Crippen LogP contribution in [0.3, 0.4) is 0 Å². The fourth-order valence-corrected chi connectivity index (χ4v) is 0. The summed E-state index contributed by atoms with van der Waals surface area (Å²) < 4.78 is 0. The fraction of sp³-hybridized carbons (Fsp3) is 0.500. The van der Waals surface area contributed by atoms with Crippen LogP contribution in [-0.2, 0) is 0 Å². The third kappa shape index (κ3) is 3.25. The monoisotopic (exact) mass is 71.0 g/mol. The van der Waals surface area contributed by atoms with Gasteiger partial charge < -0.3 is 0 Å². The predicted molar refractivity (Wildman–Crippen MR) is 17.6 cm³/mol. The first kappa shape index (κ1) is 4.25. The molecule has 3 heteroatoms. The van der Waals surface area contributed by atoms with E-state index < -0.39 is 0 Å². The van der Waals surface area contributed by atoms with E-state index in [-0.39, 0.29) is 0 Å². The zero-order chi connectivity index (χ0) is 4.28. The summed E-state index contributed by atoms with van der Waals surface area (Å²) in [5.74, 6) is 4.76. The predicted octanol–water partition coefficient (Wildman–Crippen LogP) is -0.727. The Morgan fingerprint density at radius 2 is 2.20 bits per heavy atom. The molecule has 28 valence electrons. The number of nitriles is 1. The maximum atomic E-state index is 7.69. The molecule has 3 nitrogen and oxygen atoms in total. The highest BCUT2D eigenvalue weighted by molar-refractivity contribution is 4.58. The van der Waals surface area contributed by atoms with Gasteiger partial charge in [-0.05, 0) is 0 Å². The lowest BCUT2D eigenvalue weighted by Gasteiger charge is -1.90. The quantitative estimate of drug-likeness (QED) is 0.177. The summed E-state index contributed by atoms with van der Waals surface area (Å²) in [6.07, 6.45) is 1.64. The van der Waals surface area contributed by atoms with Gasteiger partial charge in [0.2, 0.25) is 0 Å². The summed E-state index contributed by atoms with van der Waals surface area (Å²) >= 11 is 0. The van der Waals surface area contributed by atoms with Crippen molar-refractivity contribution in [1.82, 2.24) is 5.01 Å². The Morgan fingerprint density at radius 3 is 2.20 bits per heavy atom. The minimum atomic E-state index is 0.931. The standard InChI is InChI=1S/C2H5N3/c1-5(4)2-3/h4H2,1H3. The molecule has 0 heterocycles. The maximum Gasteiger partial charge on any atom is 0.194 e. The molecule has 0 atom stereocenters. The Morgan fingerprint density at radius 1 is 2.00 bits per heavy atom. The Balaban J connectivity index is 2.94. The molecule has 0 aliphatic carbocycles. The molecule has 0 spiro atoms. The number of rotatable bonds is 0. The minimum Gasteiger partial charge on any atom is -0.251 e. The summed E-state index contributed by atoms with van der Waals surface area (Å²) in [5, 5.41) is 8.62. The Bertz CT molecular complexity index is 50.4. The van der Waals surface area contributed by atoms with Crippen molar-refractivity contribution in [2.24, 2.45) is 5.84 Å². The van der Waals surface area contributed by atoms with Gasteiger partial charge in [-0.25, -0.2) is 5.84 Å². The molecular weight excluding hydrogens is 66.0 g/mol. The average molecular weight is 71.1 g/mol. The molecule has 2 N–H and O–H groups in total. The summed E-state index contributed by atoms with van der Waals surface area (Å²) in [4.78, 5) is 0. The first-order valence-corrected chi connectivity index (χ1v) is 1.15. The van der Waals surface area contributed by atoms with Gasteiger partial charge >= 0.3 is 0 Å². The number of hydrazine groups is 1. The Hall–Kier alpha value is -0.750. The van der Waals surface area contributed by atoms with Gasteiger partial charge in [0.15, 0.2) is 6.19 Å². The lowest BCUT2D eigenvalue weighted by atomic mass is 11.2. The molecule has 5 heavy (non-hydrogen) atoms. The van der Waals surface area contributed by atoms with E-state index in [2.05, 4.69) is 0 Å². The van der Waals surface area contributed by atoms with Crippen LogP contribution in [0.25, 0.3) is 0 Å². The molecule has 0 fully saturated rings. The third-order valence-electron chi connectivity index (χ3n) is 0.158. The largest absolute Gasteiger partial charge is 0.251 e. The SMILES string of the molecule is CN(N)C#N. The van der Waals surface area contributed by atoms with E-state index in [1.54, 1.807) is 6.19 Å². The molecule has 0 amide bonds. The topological polar surface area (TPSA) is 53.0 Å². The van der Waals surface area contributed by atoms with Crippen molar-refractivity contribution < 1.29 is 0 Å². The molecule has 0 unspecified atom stereocenters. The van der Waals surface area contributed by atoms with Crippen LogP contribution in [0, 0.1) is 11.5 Å². The molecule has 0 rings (SSSR count). The highest BCUT2D eigenvalue weighted by atomic mass is 15.4. The Kier molecular flexibility index (Phi) is 1.32. The first-order valence-electron chi connectivity index (χ1n) is 1.15. The normalized spacial score (nSPS) is 5.80. The van der Waals surface area contributed by atoms with E-state index in [4.69, 9.17) is 11.1 Å². The van der Waals surface area contributed by atoms with Gasteiger partial charge in [0.25, 0.3) is 0 Å². The number of hydrogen-bond donors (Lipinski definition) is 1. The highest BCUT2D eigenvalue weighted by Gasteiger charge is 1.67. The van der Waals surface area contributed by atoms with E-state index >= 15 is 0 Å². The second kappa shape index (κ2) is 1.56. The van der Waals surface area contributed by atoms with Crippen molar-refractivity contribution in [1.29, 1.82) is 5.26 Å². The first-order chi connectivity index (χ1) is 2.27. The second-order valence-corrected chi connectivity index (χ2v) is 0.711. The van der Waals surface area contributed by atoms with Gasteiger partial charge in [0.1, 0.15) is 0 Å². The van der Waals surface area contributed by atoms with Gasteiger partial charge in [0, 0.05) is 7.05 Å². The lowest BCUT2D eigenvalue weighted by Crippen LogP contribution is -2.18. The van der Waals surface area contributed by atoms with E-state index in [0.717, 1.165) is 5.01 Å². The molecule has 0 bridgehead atoms. The van der Waals surface area contributed by atoms with Crippen LogP contribution in [-0.4, -0.2) is 12.1 Å². The van der Waals surface area contributed by atoms with E-state index in [1.807, 2.05) is 0 Å². The summed E-state index contributed by atoms with van der Waals surface area (Å²) in [6, 6.07) is 0. The number of nitrogens with zero attached hydrogens (tertiary/aromatic N) is 2. The van der Waals surface area contributed by atoms with Crippen molar-refractivity contribution in [2.45, 2.75) is 0 Å². The van der Waals surface area contributed by atoms with Crippen molar-refractivity contribution >= 4 is 0 Å². The van der Waals surface area contributed by atoms with Crippen LogP contribution < -0.4 is 5.84 Å². The van der Waals surface area contributed by atoms with Gasteiger partial charge in [-0.15, -0.1) is 0 Å². The van der Waals surface area contributed by atoms with E-state index in [1.165, 1.54) is 7.05 Å². The van der Waals surface area contributed by atoms with Crippen molar-refractivity contribution in [3.63, 3.8) is 0 Å². The van der Waals surface area contributed by atoms with Crippen LogP contribution >= 0.6 is 0 Å². The van der Waals surface area contributed by atoms with Crippen LogP contribution in [0.4, 0.5) is 0 Å². The molecule has 0 saturated heterocycles. The lowest BCUT2D eigenvalue weighted by molar-refractivity contribution is 0.505. The van der Waals surface area contributed by atoms with Crippen LogP contribution in [0.15, 0.2) is 0 Å². The van der Waals surface area contributed by atoms with Crippen LogP contribution in [0.5, 0.6) is 0 Å². The fourth-order valence-electron chi connectivity index (χ4n) is 0. The molecule has 0 radical (unpaired) electrons. The molecule has 0 saturated carbocycles. The minimum absolute atomic E-state index is 0.931. The third-order valence-corrected chi connectivity index (χ3v) is 0.158. The molecule has 0 aliphatic heterocycles. The van der Waals surface area contributed by atoms with E-state index in [0.29, 0.717) is 0 Å². The van der Waals surface area contributed by atoms with Crippen LogP contribution in [0.2, 0.25) is 0 Å². The molecule has 0 aromatic carbocycles. The second-order valence-electron chi connectivity index (χ2n) is 0.711. The molecule has 0 aliphatic rings. The van der Waals surface area contributed by atoms with Gasteiger partial charge in [-0.1, -0.05) is 0 Å². The molecule has 0 aromatic heterocycles. The van der Waals surface area contributed by atoms with Crippen molar-refractivity contribution in [3.8, 4) is 6.19 Å². The summed E-state index contributed by atoms with van der Waals surface area (Å²) in [7, 11) is 1.47. The van der Waals surface area contributed by atoms with Crippen molar-refractivity contribution in [2.75, 3.05) is 7.05 Å². The maximum absolute atomic E-state index is 7.69. The van der Waals surface area contributed by atoms with Gasteiger partial charge in [-0.2, -0.15) is 5.26 Å². The van der Waals surface area contributed by atoms with Gasteiger partial charge in [0.05, 0.1) is 0 Å². The van der Waals surface area contributed by atoms with Gasteiger partial charge in [-0.3, -0.25) is 5.01 Å².